The van der Waals surface area contributed by atoms with Crippen molar-refractivity contribution in [2.75, 3.05) is 5.32 Å². The maximum Gasteiger partial charge on any atom is 0.129 e. The van der Waals surface area contributed by atoms with Crippen LogP contribution in [-0.4, -0.2) is 19.7 Å². The maximum atomic E-state index is 4.21. The van der Waals surface area contributed by atoms with Crippen LogP contribution in [0, 0.1) is 6.92 Å². The first kappa shape index (κ1) is 11.6. The third kappa shape index (κ3) is 2.61. The van der Waals surface area contributed by atoms with Crippen molar-refractivity contribution >= 4 is 5.82 Å². The number of hydrogen-bond donors (Lipinski definition) is 1. The average molecular weight is 231 g/mol. The fraction of sp³-hybridized carbons (Fsp3) is 0.417. The Balaban J connectivity index is 2.04. The van der Waals surface area contributed by atoms with Gasteiger partial charge in [0.2, 0.25) is 0 Å². The van der Waals surface area contributed by atoms with Gasteiger partial charge in [-0.05, 0) is 13.3 Å². The zero-order valence-electron chi connectivity index (χ0n) is 10.4. The standard InChI is InChI=1S/C12H17N5/c1-4-11-5-12(15-8-14-11)13-6-10-7-16-17(3)9(10)2/h5,7-8H,4,6H2,1-3H3,(H,13,14,15). The zero-order chi connectivity index (χ0) is 12.3. The van der Waals surface area contributed by atoms with Crippen LogP contribution < -0.4 is 5.32 Å². The Hall–Kier alpha value is -1.91. The molecule has 0 amide bonds. The predicted octanol–water partition coefficient (Wildman–Crippen LogP) is 1.69. The highest BCUT2D eigenvalue weighted by atomic mass is 15.3. The topological polar surface area (TPSA) is 55.6 Å². The van der Waals surface area contributed by atoms with E-state index in [0.29, 0.717) is 0 Å². The molecule has 0 unspecified atom stereocenters. The summed E-state index contributed by atoms with van der Waals surface area (Å²) < 4.78 is 1.87. The molecule has 2 aromatic rings. The summed E-state index contributed by atoms with van der Waals surface area (Å²) in [6.07, 6.45) is 4.39. The van der Waals surface area contributed by atoms with Gasteiger partial charge < -0.3 is 5.32 Å². The van der Waals surface area contributed by atoms with Gasteiger partial charge in [-0.15, -0.1) is 0 Å². The summed E-state index contributed by atoms with van der Waals surface area (Å²) in [4.78, 5) is 8.36. The summed E-state index contributed by atoms with van der Waals surface area (Å²) >= 11 is 0. The Bertz CT molecular complexity index is 503. The Kier molecular flexibility index (Phi) is 3.37. The zero-order valence-corrected chi connectivity index (χ0v) is 10.4. The first-order valence-electron chi connectivity index (χ1n) is 5.73. The van der Waals surface area contributed by atoms with E-state index in [9.17, 15) is 0 Å². The molecule has 2 heterocycles. The van der Waals surface area contributed by atoms with Gasteiger partial charge in [0, 0.05) is 36.6 Å². The van der Waals surface area contributed by atoms with Gasteiger partial charge in [0.05, 0.1) is 6.20 Å². The van der Waals surface area contributed by atoms with E-state index < -0.39 is 0 Å². The number of aryl methyl sites for hydroxylation is 2. The third-order valence-electron chi connectivity index (χ3n) is 2.88. The molecule has 0 atom stereocenters. The molecule has 0 spiro atoms. The van der Waals surface area contributed by atoms with Gasteiger partial charge in [-0.3, -0.25) is 4.68 Å². The maximum absolute atomic E-state index is 4.21. The molecule has 90 valence electrons. The molecule has 0 radical (unpaired) electrons. The van der Waals surface area contributed by atoms with Crippen LogP contribution in [0.1, 0.15) is 23.9 Å². The van der Waals surface area contributed by atoms with Crippen LogP contribution in [0.2, 0.25) is 0 Å². The summed E-state index contributed by atoms with van der Waals surface area (Å²) in [5.74, 6) is 0.861. The van der Waals surface area contributed by atoms with Crippen LogP contribution in [0.25, 0.3) is 0 Å². The van der Waals surface area contributed by atoms with E-state index in [2.05, 4.69) is 34.2 Å². The van der Waals surface area contributed by atoms with Crippen molar-refractivity contribution in [2.45, 2.75) is 26.8 Å². The minimum atomic E-state index is 0.736. The van der Waals surface area contributed by atoms with Crippen molar-refractivity contribution in [3.63, 3.8) is 0 Å². The third-order valence-corrected chi connectivity index (χ3v) is 2.88. The molecule has 0 aliphatic carbocycles. The molecule has 0 aromatic carbocycles. The van der Waals surface area contributed by atoms with Gasteiger partial charge in [-0.2, -0.15) is 5.10 Å². The van der Waals surface area contributed by atoms with Gasteiger partial charge in [0.1, 0.15) is 12.1 Å². The summed E-state index contributed by atoms with van der Waals surface area (Å²) in [5, 5.41) is 7.49. The van der Waals surface area contributed by atoms with Gasteiger partial charge in [-0.25, -0.2) is 9.97 Å². The second-order valence-electron chi connectivity index (χ2n) is 3.98. The molecule has 5 nitrogen and oxygen atoms in total. The molecule has 0 saturated heterocycles. The van der Waals surface area contributed by atoms with Gasteiger partial charge >= 0.3 is 0 Å². The molecule has 17 heavy (non-hydrogen) atoms. The van der Waals surface area contributed by atoms with Gasteiger partial charge in [0.15, 0.2) is 0 Å². The molecule has 0 saturated carbocycles. The lowest BCUT2D eigenvalue weighted by molar-refractivity contribution is 0.738. The molecule has 0 aliphatic rings. The number of anilines is 1. The normalized spacial score (nSPS) is 10.5. The fourth-order valence-corrected chi connectivity index (χ4v) is 1.59. The highest BCUT2D eigenvalue weighted by Crippen LogP contribution is 2.10. The lowest BCUT2D eigenvalue weighted by Gasteiger charge is -2.05. The highest BCUT2D eigenvalue weighted by Gasteiger charge is 2.03. The Morgan fingerprint density at radius 1 is 1.35 bits per heavy atom. The molecular weight excluding hydrogens is 214 g/mol. The van der Waals surface area contributed by atoms with Crippen LogP contribution in [0.15, 0.2) is 18.6 Å². The number of aromatic nitrogens is 4. The minimum Gasteiger partial charge on any atom is -0.366 e. The van der Waals surface area contributed by atoms with Crippen LogP contribution in [-0.2, 0) is 20.0 Å². The number of nitrogens with one attached hydrogen (secondary N) is 1. The van der Waals surface area contributed by atoms with Crippen LogP contribution in [0.4, 0.5) is 5.82 Å². The minimum absolute atomic E-state index is 0.736. The van der Waals surface area contributed by atoms with Crippen LogP contribution >= 0.6 is 0 Å². The van der Waals surface area contributed by atoms with E-state index in [0.717, 1.165) is 24.5 Å². The molecule has 2 aromatic heterocycles. The molecule has 2 rings (SSSR count). The lowest BCUT2D eigenvalue weighted by Crippen LogP contribution is -2.04. The summed E-state index contributed by atoms with van der Waals surface area (Å²) in [5.41, 5.74) is 3.40. The van der Waals surface area contributed by atoms with Crippen molar-refractivity contribution in [3.8, 4) is 0 Å². The van der Waals surface area contributed by atoms with Crippen molar-refractivity contribution in [1.82, 2.24) is 19.7 Å². The van der Waals surface area contributed by atoms with Gasteiger partial charge in [0.25, 0.3) is 0 Å². The summed E-state index contributed by atoms with van der Waals surface area (Å²) in [6, 6.07) is 1.98. The van der Waals surface area contributed by atoms with Crippen LogP contribution in [0.3, 0.4) is 0 Å². The number of rotatable bonds is 4. The van der Waals surface area contributed by atoms with Crippen LogP contribution in [0.5, 0.6) is 0 Å². The highest BCUT2D eigenvalue weighted by molar-refractivity contribution is 5.36. The molecule has 5 heteroatoms. The number of nitrogens with zero attached hydrogens (tertiary/aromatic N) is 4. The molecule has 0 fully saturated rings. The lowest BCUT2D eigenvalue weighted by atomic mass is 10.2. The Morgan fingerprint density at radius 2 is 2.18 bits per heavy atom. The quantitative estimate of drug-likeness (QED) is 0.870. The van der Waals surface area contributed by atoms with Gasteiger partial charge in [-0.1, -0.05) is 6.92 Å². The Morgan fingerprint density at radius 3 is 2.82 bits per heavy atom. The number of hydrogen-bond acceptors (Lipinski definition) is 4. The largest absolute Gasteiger partial charge is 0.366 e. The van der Waals surface area contributed by atoms with E-state index in [-0.39, 0.29) is 0 Å². The molecular formula is C12H17N5. The van der Waals surface area contributed by atoms with E-state index in [1.165, 1.54) is 11.3 Å². The fourth-order valence-electron chi connectivity index (χ4n) is 1.59. The summed E-state index contributed by atoms with van der Waals surface area (Å²) in [7, 11) is 1.94. The predicted molar refractivity (Wildman–Crippen MR) is 66.7 cm³/mol. The molecule has 0 aliphatic heterocycles. The monoisotopic (exact) mass is 231 g/mol. The smallest absolute Gasteiger partial charge is 0.129 e. The summed E-state index contributed by atoms with van der Waals surface area (Å²) in [6.45, 7) is 4.87. The molecule has 1 N–H and O–H groups in total. The van der Waals surface area contributed by atoms with E-state index in [4.69, 9.17) is 0 Å². The second kappa shape index (κ2) is 4.95. The van der Waals surface area contributed by atoms with Crippen molar-refractivity contribution < 1.29 is 0 Å². The van der Waals surface area contributed by atoms with Crippen molar-refractivity contribution in [2.24, 2.45) is 7.05 Å². The molecule has 0 bridgehead atoms. The SMILES string of the molecule is CCc1cc(NCc2cnn(C)c2C)ncn1. The van der Waals surface area contributed by atoms with Crippen molar-refractivity contribution in [1.29, 1.82) is 0 Å². The Labute approximate surface area is 101 Å². The van der Waals surface area contributed by atoms with E-state index in [1.54, 1.807) is 6.33 Å². The van der Waals surface area contributed by atoms with E-state index in [1.807, 2.05) is 24.0 Å². The first-order chi connectivity index (χ1) is 8.20. The van der Waals surface area contributed by atoms with Crippen molar-refractivity contribution in [3.05, 3.63) is 35.5 Å². The second-order valence-corrected chi connectivity index (χ2v) is 3.98. The average Bonchev–Trinajstić information content (AvgIpc) is 2.68. The van der Waals surface area contributed by atoms with E-state index >= 15 is 0 Å². The first-order valence-corrected chi connectivity index (χ1v) is 5.73.